The fourth-order valence-corrected chi connectivity index (χ4v) is 2.53. The van der Waals surface area contributed by atoms with Gasteiger partial charge in [0, 0.05) is 18.7 Å². The van der Waals surface area contributed by atoms with Crippen LogP contribution in [0.4, 0.5) is 5.82 Å². The standard InChI is InChI=1S/C13H18N4/c14-12-5-3-6-13-16-11(9-17(12)13)8-10-4-1-2-7-15-10/h3,5-6,9-10,15H,1-2,4,7-8,14H2. The summed E-state index contributed by atoms with van der Waals surface area (Å²) in [6, 6.07) is 6.42. The summed E-state index contributed by atoms with van der Waals surface area (Å²) in [5.74, 6) is 0.748. The Kier molecular flexibility index (Phi) is 2.73. The Morgan fingerprint density at radius 1 is 1.41 bits per heavy atom. The van der Waals surface area contributed by atoms with Gasteiger partial charge < -0.3 is 11.1 Å². The van der Waals surface area contributed by atoms with Crippen molar-refractivity contribution in [2.75, 3.05) is 12.3 Å². The van der Waals surface area contributed by atoms with Crippen LogP contribution in [0.5, 0.6) is 0 Å². The second-order valence-corrected chi connectivity index (χ2v) is 4.76. The summed E-state index contributed by atoms with van der Waals surface area (Å²) >= 11 is 0. The molecule has 1 atom stereocenters. The van der Waals surface area contributed by atoms with E-state index < -0.39 is 0 Å². The summed E-state index contributed by atoms with van der Waals surface area (Å²) in [6.07, 6.45) is 6.94. The number of nitrogens with one attached hydrogen (secondary N) is 1. The number of rotatable bonds is 2. The second kappa shape index (κ2) is 4.37. The molecule has 0 aliphatic carbocycles. The highest BCUT2D eigenvalue weighted by molar-refractivity contribution is 5.48. The Bertz CT molecular complexity index is 511. The van der Waals surface area contributed by atoms with Crippen molar-refractivity contribution in [3.63, 3.8) is 0 Å². The van der Waals surface area contributed by atoms with Crippen LogP contribution < -0.4 is 11.1 Å². The van der Waals surface area contributed by atoms with Crippen LogP contribution in [0.1, 0.15) is 25.0 Å². The quantitative estimate of drug-likeness (QED) is 0.824. The number of fused-ring (bicyclic) bond motifs is 1. The van der Waals surface area contributed by atoms with Crippen molar-refractivity contribution in [2.45, 2.75) is 31.7 Å². The van der Waals surface area contributed by atoms with Gasteiger partial charge in [0.25, 0.3) is 0 Å². The predicted octanol–water partition coefficient (Wildman–Crippen LogP) is 1.60. The molecule has 0 saturated carbocycles. The topological polar surface area (TPSA) is 55.3 Å². The van der Waals surface area contributed by atoms with Crippen LogP contribution in [0, 0.1) is 0 Å². The molecule has 1 unspecified atom stereocenters. The molecule has 0 amide bonds. The van der Waals surface area contributed by atoms with Gasteiger partial charge >= 0.3 is 0 Å². The number of pyridine rings is 1. The Labute approximate surface area is 101 Å². The highest BCUT2D eigenvalue weighted by Crippen LogP contribution is 2.15. The van der Waals surface area contributed by atoms with Crippen molar-refractivity contribution in [2.24, 2.45) is 0 Å². The molecule has 0 aromatic carbocycles. The van der Waals surface area contributed by atoms with E-state index in [1.165, 1.54) is 19.3 Å². The lowest BCUT2D eigenvalue weighted by molar-refractivity contribution is 0.397. The van der Waals surface area contributed by atoms with E-state index in [0.29, 0.717) is 6.04 Å². The van der Waals surface area contributed by atoms with Gasteiger partial charge in [-0.05, 0) is 31.5 Å². The molecule has 90 valence electrons. The van der Waals surface area contributed by atoms with Crippen LogP contribution in [0.2, 0.25) is 0 Å². The highest BCUT2D eigenvalue weighted by Gasteiger charge is 2.14. The van der Waals surface area contributed by atoms with Crippen molar-refractivity contribution in [1.29, 1.82) is 0 Å². The van der Waals surface area contributed by atoms with Crippen molar-refractivity contribution >= 4 is 11.5 Å². The van der Waals surface area contributed by atoms with Gasteiger partial charge in [-0.15, -0.1) is 0 Å². The molecule has 3 N–H and O–H groups in total. The first-order valence-electron chi connectivity index (χ1n) is 6.29. The Morgan fingerprint density at radius 2 is 2.35 bits per heavy atom. The van der Waals surface area contributed by atoms with Crippen molar-refractivity contribution in [3.8, 4) is 0 Å². The molecule has 17 heavy (non-hydrogen) atoms. The highest BCUT2D eigenvalue weighted by atomic mass is 15.1. The van der Waals surface area contributed by atoms with Crippen LogP contribution >= 0.6 is 0 Å². The number of aromatic nitrogens is 2. The monoisotopic (exact) mass is 230 g/mol. The molecule has 1 aliphatic heterocycles. The largest absolute Gasteiger partial charge is 0.385 e. The maximum Gasteiger partial charge on any atom is 0.138 e. The molecule has 3 heterocycles. The van der Waals surface area contributed by atoms with Gasteiger partial charge in [0.05, 0.1) is 5.69 Å². The predicted molar refractivity (Wildman–Crippen MR) is 69.0 cm³/mol. The molecule has 1 aliphatic rings. The van der Waals surface area contributed by atoms with E-state index in [1.54, 1.807) is 0 Å². The van der Waals surface area contributed by atoms with Crippen molar-refractivity contribution in [3.05, 3.63) is 30.1 Å². The minimum Gasteiger partial charge on any atom is -0.385 e. The van der Waals surface area contributed by atoms with Crippen LogP contribution in [-0.2, 0) is 6.42 Å². The average molecular weight is 230 g/mol. The average Bonchev–Trinajstić information content (AvgIpc) is 2.74. The number of imidazole rings is 1. The lowest BCUT2D eigenvalue weighted by Gasteiger charge is -2.22. The Hall–Kier alpha value is -1.55. The van der Waals surface area contributed by atoms with Gasteiger partial charge in [0.15, 0.2) is 0 Å². The fourth-order valence-electron chi connectivity index (χ4n) is 2.53. The normalized spacial score (nSPS) is 20.8. The molecule has 1 saturated heterocycles. The number of nitrogen functional groups attached to an aromatic ring is 1. The zero-order chi connectivity index (χ0) is 11.7. The maximum atomic E-state index is 5.91. The van der Waals surface area contributed by atoms with E-state index in [9.17, 15) is 0 Å². The maximum absolute atomic E-state index is 5.91. The summed E-state index contributed by atoms with van der Waals surface area (Å²) in [6.45, 7) is 1.14. The number of piperidine rings is 1. The van der Waals surface area contributed by atoms with Crippen molar-refractivity contribution in [1.82, 2.24) is 14.7 Å². The summed E-state index contributed by atoms with van der Waals surface area (Å²) < 4.78 is 1.96. The zero-order valence-corrected chi connectivity index (χ0v) is 9.89. The summed E-state index contributed by atoms with van der Waals surface area (Å²) in [7, 11) is 0. The molecule has 0 radical (unpaired) electrons. The number of anilines is 1. The van der Waals surface area contributed by atoms with Gasteiger partial charge in [-0.3, -0.25) is 4.40 Å². The van der Waals surface area contributed by atoms with Crippen LogP contribution in [0.3, 0.4) is 0 Å². The SMILES string of the molecule is Nc1cccc2nc(CC3CCCCN3)cn12. The fraction of sp³-hybridized carbons (Fsp3) is 0.462. The van der Waals surface area contributed by atoms with Gasteiger partial charge in [0.2, 0.25) is 0 Å². The summed E-state index contributed by atoms with van der Waals surface area (Å²) in [5.41, 5.74) is 7.98. The van der Waals surface area contributed by atoms with E-state index in [-0.39, 0.29) is 0 Å². The van der Waals surface area contributed by atoms with Crippen LogP contribution in [-0.4, -0.2) is 22.0 Å². The molecule has 1 fully saturated rings. The van der Waals surface area contributed by atoms with Crippen LogP contribution in [0.25, 0.3) is 5.65 Å². The molecule has 4 nitrogen and oxygen atoms in total. The lowest BCUT2D eigenvalue weighted by atomic mass is 10.0. The van der Waals surface area contributed by atoms with Gasteiger partial charge in [0.1, 0.15) is 11.5 Å². The van der Waals surface area contributed by atoms with E-state index in [4.69, 9.17) is 5.73 Å². The minimum atomic E-state index is 0.579. The van der Waals surface area contributed by atoms with E-state index >= 15 is 0 Å². The second-order valence-electron chi connectivity index (χ2n) is 4.76. The van der Waals surface area contributed by atoms with E-state index in [2.05, 4.69) is 16.5 Å². The molecule has 2 aromatic heterocycles. The first-order chi connectivity index (χ1) is 8.33. The van der Waals surface area contributed by atoms with Gasteiger partial charge in [-0.2, -0.15) is 0 Å². The first-order valence-corrected chi connectivity index (χ1v) is 6.29. The van der Waals surface area contributed by atoms with Gasteiger partial charge in [-0.25, -0.2) is 4.98 Å². The van der Waals surface area contributed by atoms with Crippen LogP contribution in [0.15, 0.2) is 24.4 Å². The number of nitrogens with two attached hydrogens (primary N) is 1. The number of nitrogens with zero attached hydrogens (tertiary/aromatic N) is 2. The molecule has 0 spiro atoms. The zero-order valence-electron chi connectivity index (χ0n) is 9.89. The third kappa shape index (κ3) is 2.13. The summed E-state index contributed by atoms with van der Waals surface area (Å²) in [4.78, 5) is 4.61. The molecule has 3 rings (SSSR count). The minimum absolute atomic E-state index is 0.579. The number of hydrogen-bond acceptors (Lipinski definition) is 3. The van der Waals surface area contributed by atoms with E-state index in [1.807, 2.05) is 22.6 Å². The molecule has 4 heteroatoms. The Balaban J connectivity index is 1.83. The molecular formula is C13H18N4. The summed E-state index contributed by atoms with van der Waals surface area (Å²) in [5, 5.41) is 3.55. The smallest absolute Gasteiger partial charge is 0.138 e. The number of hydrogen-bond donors (Lipinski definition) is 2. The molecule has 0 bridgehead atoms. The molecular weight excluding hydrogens is 212 g/mol. The third-order valence-corrected chi connectivity index (χ3v) is 3.44. The Morgan fingerprint density at radius 3 is 3.12 bits per heavy atom. The van der Waals surface area contributed by atoms with Gasteiger partial charge in [-0.1, -0.05) is 12.5 Å². The first kappa shape index (κ1) is 10.6. The van der Waals surface area contributed by atoms with E-state index in [0.717, 1.165) is 30.1 Å². The third-order valence-electron chi connectivity index (χ3n) is 3.44. The molecule has 2 aromatic rings. The van der Waals surface area contributed by atoms with Crippen molar-refractivity contribution < 1.29 is 0 Å². The lowest BCUT2D eigenvalue weighted by Crippen LogP contribution is -2.35.